The van der Waals surface area contributed by atoms with Crippen LogP contribution in [0, 0.1) is 0 Å². The molecule has 2 aliphatic rings. The van der Waals surface area contributed by atoms with Crippen LogP contribution in [0.1, 0.15) is 73.4 Å². The van der Waals surface area contributed by atoms with E-state index in [1.165, 1.54) is 19.4 Å². The van der Waals surface area contributed by atoms with E-state index in [1.807, 2.05) is 24.6 Å². The molecule has 2 saturated heterocycles. The second-order valence-corrected chi connectivity index (χ2v) is 11.9. The van der Waals surface area contributed by atoms with Crippen molar-refractivity contribution in [2.45, 2.75) is 71.6 Å². The number of piperazine rings is 1. The number of carbonyl (C=O) groups is 1. The van der Waals surface area contributed by atoms with Crippen molar-refractivity contribution >= 4 is 24.0 Å². The Balaban J connectivity index is 1.51. The van der Waals surface area contributed by atoms with E-state index in [0.29, 0.717) is 42.8 Å². The third-order valence-corrected chi connectivity index (χ3v) is 8.66. The Morgan fingerprint density at radius 1 is 1.25 bits per heavy atom. The molecule has 2 aliphatic heterocycles. The first kappa shape index (κ1) is 33.6. The van der Waals surface area contributed by atoms with E-state index in [0.717, 1.165) is 75.6 Å². The van der Waals surface area contributed by atoms with Gasteiger partial charge in [-0.25, -0.2) is 4.98 Å². The maximum absolute atomic E-state index is 13.8. The van der Waals surface area contributed by atoms with E-state index in [9.17, 15) is 4.79 Å². The molecule has 0 aromatic carbocycles. The average Bonchev–Trinajstić information content (AvgIpc) is 3.69. The standard InChI is InChI=1S/C33H52N10O/c1-6-42-25-37-39-33(42)29(35-4)13-10-14-31(44)27-22-32(43-19-11-12-26(43)2)38-30(28(27)23-34-3)24-40(5)17-8-7-9-18-41-20-15-36-16-21-41/h10,13-14,22,25-26,34,36H,4,6-9,11-12,15-21,23-24H2,1-3,5H3/b14-10-,29-13-. The topological polar surface area (TPSA) is 107 Å². The molecule has 0 amide bonds. The lowest BCUT2D eigenvalue weighted by molar-refractivity contribution is 0.104. The molecule has 0 aliphatic carbocycles. The second kappa shape index (κ2) is 17.3. The Morgan fingerprint density at radius 3 is 2.77 bits per heavy atom. The summed E-state index contributed by atoms with van der Waals surface area (Å²) in [5, 5.41) is 14.9. The first-order valence-electron chi connectivity index (χ1n) is 16.3. The van der Waals surface area contributed by atoms with Gasteiger partial charge >= 0.3 is 0 Å². The van der Waals surface area contributed by atoms with Gasteiger partial charge in [0.25, 0.3) is 0 Å². The molecule has 0 bridgehead atoms. The molecule has 0 saturated carbocycles. The van der Waals surface area contributed by atoms with Crippen molar-refractivity contribution < 1.29 is 4.79 Å². The molecule has 4 heterocycles. The van der Waals surface area contributed by atoms with Gasteiger partial charge in [-0.3, -0.25) is 9.79 Å². The summed E-state index contributed by atoms with van der Waals surface area (Å²) in [6, 6.07) is 2.39. The van der Waals surface area contributed by atoms with Gasteiger partial charge < -0.3 is 29.9 Å². The predicted octanol–water partition coefficient (Wildman–Crippen LogP) is 3.39. The molecule has 2 aromatic heterocycles. The molecule has 0 spiro atoms. The van der Waals surface area contributed by atoms with Crippen LogP contribution in [0.25, 0.3) is 5.70 Å². The summed E-state index contributed by atoms with van der Waals surface area (Å²) < 4.78 is 1.89. The number of nitrogens with one attached hydrogen (secondary N) is 2. The van der Waals surface area contributed by atoms with Gasteiger partial charge in [0.05, 0.1) is 5.69 Å². The summed E-state index contributed by atoms with van der Waals surface area (Å²) in [7, 11) is 4.08. The smallest absolute Gasteiger partial charge is 0.186 e. The molecule has 1 unspecified atom stereocenters. The lowest BCUT2D eigenvalue weighted by Crippen LogP contribution is -2.43. The molecule has 240 valence electrons. The number of aromatic nitrogens is 4. The van der Waals surface area contributed by atoms with E-state index in [4.69, 9.17) is 4.98 Å². The van der Waals surface area contributed by atoms with Gasteiger partial charge in [-0.05, 0) is 91.7 Å². The maximum atomic E-state index is 13.8. The van der Waals surface area contributed by atoms with Crippen molar-refractivity contribution in [3.05, 3.63) is 53.3 Å². The van der Waals surface area contributed by atoms with Gasteiger partial charge in [-0.1, -0.05) is 12.5 Å². The van der Waals surface area contributed by atoms with Crippen LogP contribution < -0.4 is 15.5 Å². The second-order valence-electron chi connectivity index (χ2n) is 11.9. The quantitative estimate of drug-likeness (QED) is 0.0924. The number of rotatable bonds is 17. The highest BCUT2D eigenvalue weighted by molar-refractivity contribution is 6.06. The predicted molar refractivity (Wildman–Crippen MR) is 179 cm³/mol. The van der Waals surface area contributed by atoms with Crippen LogP contribution >= 0.6 is 0 Å². The Morgan fingerprint density at radius 2 is 2.07 bits per heavy atom. The Hall–Kier alpha value is -3.25. The monoisotopic (exact) mass is 604 g/mol. The summed E-state index contributed by atoms with van der Waals surface area (Å²) in [6.07, 6.45) is 12.6. The molecule has 0 radical (unpaired) electrons. The largest absolute Gasteiger partial charge is 0.354 e. The van der Waals surface area contributed by atoms with Crippen molar-refractivity contribution in [2.24, 2.45) is 4.99 Å². The third kappa shape index (κ3) is 9.13. The van der Waals surface area contributed by atoms with Crippen LogP contribution in [0.5, 0.6) is 0 Å². The van der Waals surface area contributed by atoms with Crippen LogP contribution in [0.3, 0.4) is 0 Å². The molecule has 2 fully saturated rings. The van der Waals surface area contributed by atoms with E-state index >= 15 is 0 Å². The highest BCUT2D eigenvalue weighted by atomic mass is 16.1. The van der Waals surface area contributed by atoms with Crippen molar-refractivity contribution in [1.82, 2.24) is 40.2 Å². The molecule has 1 atom stereocenters. The highest BCUT2D eigenvalue weighted by Crippen LogP contribution is 2.28. The number of carbonyl (C=O) groups excluding carboxylic acids is 1. The van der Waals surface area contributed by atoms with Crippen LogP contribution in [-0.4, -0.2) is 108 Å². The van der Waals surface area contributed by atoms with Gasteiger partial charge in [0.2, 0.25) is 0 Å². The Bertz CT molecular complexity index is 1280. The summed E-state index contributed by atoms with van der Waals surface area (Å²) in [5.41, 5.74) is 3.19. The third-order valence-electron chi connectivity index (χ3n) is 8.66. The molecule has 11 nitrogen and oxygen atoms in total. The first-order valence-corrected chi connectivity index (χ1v) is 16.3. The van der Waals surface area contributed by atoms with Crippen molar-refractivity contribution in [2.75, 3.05) is 64.8 Å². The van der Waals surface area contributed by atoms with E-state index < -0.39 is 0 Å². The number of hydrogen-bond donors (Lipinski definition) is 2. The number of nitrogens with zero attached hydrogens (tertiary/aromatic N) is 8. The number of hydrogen-bond acceptors (Lipinski definition) is 10. The zero-order valence-electron chi connectivity index (χ0n) is 27.3. The minimum atomic E-state index is -0.0563. The normalized spacial score (nSPS) is 18.2. The van der Waals surface area contributed by atoms with Crippen molar-refractivity contribution in [3.8, 4) is 0 Å². The highest BCUT2D eigenvalue weighted by Gasteiger charge is 2.25. The SMILES string of the molecule is C=N/C(=C\C=C/C(=O)c1cc(N2CCCC2C)nc(CN(C)CCCCCN2CCNCC2)c1CNC)c1nncn1CC. The van der Waals surface area contributed by atoms with E-state index in [-0.39, 0.29) is 5.78 Å². The van der Waals surface area contributed by atoms with Crippen LogP contribution in [0.15, 0.2) is 35.6 Å². The number of aryl methyl sites for hydroxylation is 1. The molecule has 44 heavy (non-hydrogen) atoms. The Kier molecular flexibility index (Phi) is 13.2. The fourth-order valence-corrected chi connectivity index (χ4v) is 6.12. The van der Waals surface area contributed by atoms with Gasteiger partial charge in [0, 0.05) is 69.5 Å². The summed E-state index contributed by atoms with van der Waals surface area (Å²) >= 11 is 0. The van der Waals surface area contributed by atoms with Gasteiger partial charge in [0.15, 0.2) is 11.6 Å². The lowest BCUT2D eigenvalue weighted by atomic mass is 10.0. The average molecular weight is 605 g/mol. The van der Waals surface area contributed by atoms with Gasteiger partial charge in [-0.15, -0.1) is 10.2 Å². The van der Waals surface area contributed by atoms with Gasteiger partial charge in [-0.2, -0.15) is 0 Å². The van der Waals surface area contributed by atoms with E-state index in [1.54, 1.807) is 24.6 Å². The summed E-state index contributed by atoms with van der Waals surface area (Å²) in [5.74, 6) is 1.46. The van der Waals surface area contributed by atoms with Crippen molar-refractivity contribution in [3.63, 3.8) is 0 Å². The minimum absolute atomic E-state index is 0.0563. The molecule has 2 aromatic rings. The number of aliphatic imine (C=N–C) groups is 1. The zero-order valence-corrected chi connectivity index (χ0v) is 27.3. The summed E-state index contributed by atoms with van der Waals surface area (Å²) in [6.45, 7) is 17.6. The van der Waals surface area contributed by atoms with E-state index in [2.05, 4.69) is 61.2 Å². The maximum Gasteiger partial charge on any atom is 0.186 e. The van der Waals surface area contributed by atoms with Crippen LogP contribution in [-0.2, 0) is 19.6 Å². The van der Waals surface area contributed by atoms with Crippen LogP contribution in [0.2, 0.25) is 0 Å². The minimum Gasteiger partial charge on any atom is -0.354 e. The fraction of sp³-hybridized carbons (Fsp3) is 0.606. The number of pyridine rings is 1. The fourth-order valence-electron chi connectivity index (χ4n) is 6.12. The number of anilines is 1. The van der Waals surface area contributed by atoms with Gasteiger partial charge in [0.1, 0.15) is 17.8 Å². The summed E-state index contributed by atoms with van der Waals surface area (Å²) in [4.78, 5) is 30.4. The number of unbranched alkanes of at least 4 members (excludes halogenated alkanes) is 2. The van der Waals surface area contributed by atoms with Crippen LogP contribution in [0.4, 0.5) is 5.82 Å². The molecular formula is C33H52N10O. The number of ketones is 1. The molecular weight excluding hydrogens is 552 g/mol. The first-order chi connectivity index (χ1) is 21.4. The molecule has 4 rings (SSSR count). The molecule has 11 heteroatoms. The zero-order chi connectivity index (χ0) is 31.3. The number of allylic oxidation sites excluding steroid dienone is 3. The Labute approximate surface area is 263 Å². The molecule has 2 N–H and O–H groups in total. The lowest BCUT2D eigenvalue weighted by Gasteiger charge is -2.27. The van der Waals surface area contributed by atoms with Crippen molar-refractivity contribution in [1.29, 1.82) is 0 Å².